The first kappa shape index (κ1) is 16.1. The smallest absolute Gasteiger partial charge is 0.335 e. The number of carbonyl (C=O) groups is 2. The van der Waals surface area contributed by atoms with Gasteiger partial charge in [-0.05, 0) is 34.7 Å². The van der Waals surface area contributed by atoms with E-state index < -0.39 is 5.97 Å². The fourth-order valence-corrected chi connectivity index (χ4v) is 2.98. The van der Waals surface area contributed by atoms with Gasteiger partial charge < -0.3 is 10.4 Å². The molecule has 0 atom stereocenters. The van der Waals surface area contributed by atoms with Crippen molar-refractivity contribution in [2.24, 2.45) is 0 Å². The van der Waals surface area contributed by atoms with Crippen LogP contribution in [0.3, 0.4) is 0 Å². The highest BCUT2D eigenvalue weighted by molar-refractivity contribution is 7.99. The molecule has 24 heavy (non-hydrogen) atoms. The van der Waals surface area contributed by atoms with Crippen LogP contribution in [-0.2, 0) is 4.79 Å². The number of nitrogens with one attached hydrogen (secondary N) is 1. The van der Waals surface area contributed by atoms with Crippen LogP contribution in [0.2, 0.25) is 0 Å². The Morgan fingerprint density at radius 3 is 2.75 bits per heavy atom. The SMILES string of the molecule is O=C(CSc1nnnn1-c1ccc(C(=O)O)cc1)Nc1nccs1. The summed E-state index contributed by atoms with van der Waals surface area (Å²) in [4.78, 5) is 26.7. The first-order valence-corrected chi connectivity index (χ1v) is 8.44. The number of aromatic carboxylic acids is 1. The van der Waals surface area contributed by atoms with Crippen LogP contribution in [0.25, 0.3) is 5.69 Å². The van der Waals surface area contributed by atoms with Gasteiger partial charge in [-0.1, -0.05) is 11.8 Å². The van der Waals surface area contributed by atoms with Crippen LogP contribution in [0.15, 0.2) is 41.0 Å². The Morgan fingerprint density at radius 2 is 2.08 bits per heavy atom. The number of hydrogen-bond acceptors (Lipinski definition) is 8. The second kappa shape index (κ2) is 7.19. The molecule has 2 heterocycles. The van der Waals surface area contributed by atoms with Crippen molar-refractivity contribution in [3.8, 4) is 5.69 Å². The topological polar surface area (TPSA) is 123 Å². The molecule has 0 aliphatic carbocycles. The molecule has 0 radical (unpaired) electrons. The van der Waals surface area contributed by atoms with Gasteiger partial charge in [-0.15, -0.1) is 16.4 Å². The molecular weight excluding hydrogens is 352 g/mol. The highest BCUT2D eigenvalue weighted by Gasteiger charge is 2.13. The number of amides is 1. The zero-order chi connectivity index (χ0) is 16.9. The number of carboxylic acids is 1. The van der Waals surface area contributed by atoms with Gasteiger partial charge in [0.25, 0.3) is 0 Å². The molecule has 2 aromatic heterocycles. The number of aromatic nitrogens is 5. The van der Waals surface area contributed by atoms with Gasteiger partial charge in [-0.3, -0.25) is 4.79 Å². The van der Waals surface area contributed by atoms with Gasteiger partial charge in [0, 0.05) is 11.6 Å². The van der Waals surface area contributed by atoms with Crippen LogP contribution in [0.4, 0.5) is 5.13 Å². The highest BCUT2D eigenvalue weighted by atomic mass is 32.2. The van der Waals surface area contributed by atoms with Crippen molar-refractivity contribution >= 4 is 40.1 Å². The second-order valence-corrected chi connectivity index (χ2v) is 6.24. The number of carbonyl (C=O) groups excluding carboxylic acids is 1. The molecule has 9 nitrogen and oxygen atoms in total. The Hall–Kier alpha value is -2.79. The number of thioether (sulfide) groups is 1. The molecule has 1 amide bonds. The number of rotatable bonds is 6. The molecule has 3 rings (SSSR count). The molecule has 0 spiro atoms. The van der Waals surface area contributed by atoms with Crippen LogP contribution in [-0.4, -0.2) is 47.9 Å². The number of hydrogen-bond donors (Lipinski definition) is 2. The number of benzene rings is 1. The largest absolute Gasteiger partial charge is 0.478 e. The molecular formula is C13H10N6O3S2. The van der Waals surface area contributed by atoms with E-state index in [0.29, 0.717) is 16.0 Å². The van der Waals surface area contributed by atoms with Crippen LogP contribution in [0, 0.1) is 0 Å². The summed E-state index contributed by atoms with van der Waals surface area (Å²) in [6.45, 7) is 0. The molecule has 0 saturated carbocycles. The van der Waals surface area contributed by atoms with Crippen LogP contribution >= 0.6 is 23.1 Å². The van der Waals surface area contributed by atoms with Crippen molar-refractivity contribution in [3.05, 3.63) is 41.4 Å². The molecule has 11 heteroatoms. The zero-order valence-electron chi connectivity index (χ0n) is 12.0. The van der Waals surface area contributed by atoms with Gasteiger partial charge >= 0.3 is 5.97 Å². The van der Waals surface area contributed by atoms with Gasteiger partial charge in [-0.25, -0.2) is 9.78 Å². The summed E-state index contributed by atoms with van der Waals surface area (Å²) in [5, 5.41) is 25.6. The molecule has 0 unspecified atom stereocenters. The molecule has 0 saturated heterocycles. The predicted octanol–water partition coefficient (Wildman–Crippen LogP) is 1.55. The third-order valence-corrected chi connectivity index (χ3v) is 4.42. The van der Waals surface area contributed by atoms with Crippen molar-refractivity contribution in [2.75, 3.05) is 11.1 Å². The van der Waals surface area contributed by atoms with Crippen molar-refractivity contribution in [2.45, 2.75) is 5.16 Å². The van der Waals surface area contributed by atoms with Crippen LogP contribution < -0.4 is 5.32 Å². The maximum Gasteiger partial charge on any atom is 0.335 e. The lowest BCUT2D eigenvalue weighted by molar-refractivity contribution is -0.113. The summed E-state index contributed by atoms with van der Waals surface area (Å²) in [6, 6.07) is 6.12. The summed E-state index contributed by atoms with van der Waals surface area (Å²) < 4.78 is 1.44. The van der Waals surface area contributed by atoms with E-state index in [0.717, 1.165) is 11.8 Å². The number of nitrogens with zero attached hydrogens (tertiary/aromatic N) is 5. The van der Waals surface area contributed by atoms with Gasteiger partial charge in [0.05, 0.1) is 17.0 Å². The Balaban J connectivity index is 1.66. The molecule has 122 valence electrons. The van der Waals surface area contributed by atoms with E-state index in [2.05, 4.69) is 25.8 Å². The summed E-state index contributed by atoms with van der Waals surface area (Å²) in [5.74, 6) is -1.11. The Kier molecular flexibility index (Phi) is 4.82. The molecule has 1 aromatic carbocycles. The second-order valence-electron chi connectivity index (χ2n) is 4.40. The van der Waals surface area contributed by atoms with E-state index in [-0.39, 0.29) is 17.2 Å². The maximum absolute atomic E-state index is 11.9. The molecule has 0 bridgehead atoms. The zero-order valence-corrected chi connectivity index (χ0v) is 13.6. The summed E-state index contributed by atoms with van der Waals surface area (Å²) in [6.07, 6.45) is 1.61. The van der Waals surface area contributed by atoms with E-state index in [1.807, 2.05) is 0 Å². The predicted molar refractivity (Wildman–Crippen MR) is 87.6 cm³/mol. The first-order valence-electron chi connectivity index (χ1n) is 6.58. The lowest BCUT2D eigenvalue weighted by Crippen LogP contribution is -2.14. The minimum Gasteiger partial charge on any atom is -0.478 e. The van der Waals surface area contributed by atoms with Crippen LogP contribution in [0.1, 0.15) is 10.4 Å². The Labute approximate surface area is 143 Å². The molecule has 2 N–H and O–H groups in total. The summed E-state index contributed by atoms with van der Waals surface area (Å²) >= 11 is 2.50. The van der Waals surface area contributed by atoms with E-state index >= 15 is 0 Å². The average Bonchev–Trinajstić information content (AvgIpc) is 3.24. The minimum absolute atomic E-state index is 0.118. The van der Waals surface area contributed by atoms with Crippen molar-refractivity contribution < 1.29 is 14.7 Å². The number of thiazole rings is 1. The Morgan fingerprint density at radius 1 is 1.29 bits per heavy atom. The minimum atomic E-state index is -1.01. The number of anilines is 1. The summed E-state index contributed by atoms with van der Waals surface area (Å²) in [7, 11) is 0. The van der Waals surface area contributed by atoms with E-state index in [4.69, 9.17) is 5.11 Å². The van der Waals surface area contributed by atoms with Crippen molar-refractivity contribution in [1.29, 1.82) is 0 Å². The van der Waals surface area contributed by atoms with Crippen LogP contribution in [0.5, 0.6) is 0 Å². The third-order valence-electron chi connectivity index (χ3n) is 2.81. The standard InChI is InChI=1S/C13H10N6O3S2/c20-10(15-12-14-5-6-23-12)7-24-13-16-17-18-19(13)9-3-1-8(2-4-9)11(21)22/h1-6H,7H2,(H,21,22)(H,14,15,20). The molecule has 0 aliphatic heterocycles. The lowest BCUT2D eigenvalue weighted by atomic mass is 10.2. The highest BCUT2D eigenvalue weighted by Crippen LogP contribution is 2.19. The molecule has 0 aliphatic rings. The molecule has 3 aromatic rings. The summed E-state index contributed by atoms with van der Waals surface area (Å²) in [5.41, 5.74) is 0.775. The normalized spacial score (nSPS) is 10.5. The number of tetrazole rings is 1. The quantitative estimate of drug-likeness (QED) is 0.633. The van der Waals surface area contributed by atoms with Crippen molar-refractivity contribution in [3.63, 3.8) is 0 Å². The van der Waals surface area contributed by atoms with E-state index in [1.165, 1.54) is 28.2 Å². The molecule has 0 fully saturated rings. The van der Waals surface area contributed by atoms with Gasteiger partial charge in [0.15, 0.2) is 5.13 Å². The monoisotopic (exact) mass is 362 g/mol. The fourth-order valence-electron chi connectivity index (χ4n) is 1.75. The van der Waals surface area contributed by atoms with Gasteiger partial charge in [0.1, 0.15) is 0 Å². The van der Waals surface area contributed by atoms with E-state index in [9.17, 15) is 9.59 Å². The van der Waals surface area contributed by atoms with Gasteiger partial charge in [0.2, 0.25) is 11.1 Å². The third kappa shape index (κ3) is 3.75. The fraction of sp³-hybridized carbons (Fsp3) is 0.0769. The first-order chi connectivity index (χ1) is 11.6. The van der Waals surface area contributed by atoms with E-state index in [1.54, 1.807) is 23.7 Å². The van der Waals surface area contributed by atoms with Gasteiger partial charge in [-0.2, -0.15) is 4.68 Å². The average molecular weight is 362 g/mol. The maximum atomic E-state index is 11.9. The van der Waals surface area contributed by atoms with Crippen molar-refractivity contribution in [1.82, 2.24) is 25.2 Å². The Bertz CT molecular complexity index is 847. The lowest BCUT2D eigenvalue weighted by Gasteiger charge is -2.04. The number of carboxylic acid groups (broad SMARTS) is 1.